The Bertz CT molecular complexity index is 478. The minimum Gasteiger partial charge on any atom is -0.465 e. The van der Waals surface area contributed by atoms with Crippen molar-refractivity contribution in [2.24, 2.45) is 0 Å². The van der Waals surface area contributed by atoms with Crippen molar-refractivity contribution in [2.75, 3.05) is 31.7 Å². The van der Waals surface area contributed by atoms with Crippen molar-refractivity contribution in [3.05, 3.63) is 22.7 Å². The summed E-state index contributed by atoms with van der Waals surface area (Å²) in [5.74, 6) is -0.451. The lowest BCUT2D eigenvalue weighted by Gasteiger charge is -2.14. The minimum atomic E-state index is -0.451. The smallest absolute Gasteiger partial charge is 0.351 e. The fourth-order valence-corrected chi connectivity index (χ4v) is 3.12. The van der Waals surface area contributed by atoms with Gasteiger partial charge in [-0.1, -0.05) is 29.0 Å². The van der Waals surface area contributed by atoms with E-state index in [1.165, 1.54) is 18.4 Å². The topological polar surface area (TPSA) is 51.7 Å². The summed E-state index contributed by atoms with van der Waals surface area (Å²) in [5, 5.41) is 0.928. The maximum absolute atomic E-state index is 11.5. The van der Waals surface area contributed by atoms with Gasteiger partial charge in [0, 0.05) is 13.1 Å². The van der Waals surface area contributed by atoms with Crippen molar-refractivity contribution in [3.8, 4) is 0 Å². The van der Waals surface area contributed by atoms with E-state index in [-0.39, 0.29) is 11.3 Å². The Morgan fingerprint density at radius 3 is 3.21 bits per heavy atom. The van der Waals surface area contributed by atoms with Gasteiger partial charge in [0.05, 0.1) is 19.8 Å². The second-order valence-electron chi connectivity index (χ2n) is 4.09. The molecule has 104 valence electrons. The first kappa shape index (κ1) is 14.3. The Balaban J connectivity index is 2.03. The van der Waals surface area contributed by atoms with Gasteiger partial charge < -0.3 is 14.4 Å². The van der Waals surface area contributed by atoms with Gasteiger partial charge in [0.2, 0.25) is 0 Å². The van der Waals surface area contributed by atoms with Crippen LogP contribution in [0.25, 0.3) is 0 Å². The maximum Gasteiger partial charge on any atom is 0.351 e. The van der Waals surface area contributed by atoms with Crippen LogP contribution < -0.4 is 4.90 Å². The molecule has 0 aliphatic carbocycles. The third kappa shape index (κ3) is 3.26. The molecule has 1 saturated heterocycles. The Labute approximate surface area is 120 Å². The van der Waals surface area contributed by atoms with Crippen LogP contribution in [-0.4, -0.2) is 43.9 Å². The van der Waals surface area contributed by atoms with E-state index >= 15 is 0 Å². The molecule has 0 spiro atoms. The van der Waals surface area contributed by atoms with Crippen LogP contribution in [0.15, 0.2) is 12.7 Å². The molecular weight excluding hydrogens is 288 g/mol. The van der Waals surface area contributed by atoms with Gasteiger partial charge in [0.25, 0.3) is 0 Å². The maximum atomic E-state index is 11.5. The van der Waals surface area contributed by atoms with Crippen molar-refractivity contribution in [1.29, 1.82) is 0 Å². The van der Waals surface area contributed by atoms with E-state index in [4.69, 9.17) is 16.3 Å². The van der Waals surface area contributed by atoms with Gasteiger partial charge in [0.15, 0.2) is 15.2 Å². The molecular formula is C12H15ClN2O3S. The van der Waals surface area contributed by atoms with E-state index < -0.39 is 5.97 Å². The monoisotopic (exact) mass is 302 g/mol. The van der Waals surface area contributed by atoms with Crippen molar-refractivity contribution in [2.45, 2.75) is 12.5 Å². The van der Waals surface area contributed by atoms with E-state index in [0.717, 1.165) is 24.6 Å². The minimum absolute atomic E-state index is 0.169. The number of halogens is 1. The first-order valence-electron chi connectivity index (χ1n) is 5.87. The Hall–Kier alpha value is -1.11. The summed E-state index contributed by atoms with van der Waals surface area (Å²) in [7, 11) is 1.33. The van der Waals surface area contributed by atoms with Crippen LogP contribution in [0, 0.1) is 0 Å². The van der Waals surface area contributed by atoms with E-state index in [1.54, 1.807) is 6.08 Å². The summed E-state index contributed by atoms with van der Waals surface area (Å²) in [6.07, 6.45) is 2.83. The summed E-state index contributed by atoms with van der Waals surface area (Å²) >= 11 is 7.19. The molecule has 2 heterocycles. The lowest BCUT2D eigenvalue weighted by Crippen LogP contribution is -2.22. The molecule has 1 fully saturated rings. The van der Waals surface area contributed by atoms with Gasteiger partial charge in [0.1, 0.15) is 0 Å². The molecule has 0 aromatic carbocycles. The Kier molecular flexibility index (Phi) is 4.79. The SMILES string of the molecule is C=CCOC1CCN(c2nc(Cl)c(C(=O)OC)s2)C1. The highest BCUT2D eigenvalue weighted by Crippen LogP contribution is 2.32. The van der Waals surface area contributed by atoms with Crippen LogP contribution in [0.4, 0.5) is 5.13 Å². The summed E-state index contributed by atoms with van der Waals surface area (Å²) in [4.78, 5) is 18.1. The average Bonchev–Trinajstić information content (AvgIpc) is 3.02. The number of rotatable bonds is 5. The first-order valence-corrected chi connectivity index (χ1v) is 7.07. The van der Waals surface area contributed by atoms with Gasteiger partial charge in [-0.15, -0.1) is 6.58 Å². The predicted molar refractivity (Wildman–Crippen MR) is 75.2 cm³/mol. The van der Waals surface area contributed by atoms with Crippen LogP contribution >= 0.6 is 22.9 Å². The fraction of sp³-hybridized carbons (Fsp3) is 0.500. The van der Waals surface area contributed by atoms with Crippen molar-refractivity contribution < 1.29 is 14.3 Å². The van der Waals surface area contributed by atoms with Crippen LogP contribution in [0.1, 0.15) is 16.1 Å². The number of aromatic nitrogens is 1. The Morgan fingerprint density at radius 1 is 1.74 bits per heavy atom. The predicted octanol–water partition coefficient (Wildman–Crippen LogP) is 2.36. The third-order valence-corrected chi connectivity index (χ3v) is 4.29. The van der Waals surface area contributed by atoms with E-state index in [9.17, 15) is 4.79 Å². The largest absolute Gasteiger partial charge is 0.465 e. The highest BCUT2D eigenvalue weighted by atomic mass is 35.5. The fourth-order valence-electron chi connectivity index (χ4n) is 1.89. The molecule has 1 unspecified atom stereocenters. The third-order valence-electron chi connectivity index (χ3n) is 2.81. The lowest BCUT2D eigenvalue weighted by atomic mass is 10.3. The molecule has 0 bridgehead atoms. The standard InChI is InChI=1S/C12H15ClN2O3S/c1-3-6-18-8-4-5-15(7-8)12-14-10(13)9(19-12)11(16)17-2/h3,8H,1,4-7H2,2H3. The molecule has 1 atom stereocenters. The zero-order valence-electron chi connectivity index (χ0n) is 10.6. The second kappa shape index (κ2) is 6.36. The van der Waals surface area contributed by atoms with Crippen molar-refractivity contribution in [3.63, 3.8) is 0 Å². The molecule has 1 aliphatic heterocycles. The van der Waals surface area contributed by atoms with Crippen LogP contribution in [-0.2, 0) is 9.47 Å². The van der Waals surface area contributed by atoms with Crippen LogP contribution in [0.5, 0.6) is 0 Å². The van der Waals surface area contributed by atoms with Gasteiger partial charge in [-0.05, 0) is 6.42 Å². The number of methoxy groups -OCH3 is 1. The van der Waals surface area contributed by atoms with Crippen LogP contribution in [0.2, 0.25) is 5.15 Å². The van der Waals surface area contributed by atoms with Gasteiger partial charge in [-0.3, -0.25) is 0 Å². The van der Waals surface area contributed by atoms with Gasteiger partial charge in [-0.2, -0.15) is 0 Å². The number of carbonyl (C=O) groups is 1. The van der Waals surface area contributed by atoms with Crippen molar-refractivity contribution in [1.82, 2.24) is 4.98 Å². The molecule has 0 radical (unpaired) electrons. The lowest BCUT2D eigenvalue weighted by molar-refractivity contribution is 0.0606. The number of carbonyl (C=O) groups excluding carboxylic acids is 1. The number of esters is 1. The summed E-state index contributed by atoms with van der Waals surface area (Å²) < 4.78 is 10.3. The molecule has 1 aromatic heterocycles. The summed E-state index contributed by atoms with van der Waals surface area (Å²) in [6, 6.07) is 0. The molecule has 0 N–H and O–H groups in total. The van der Waals surface area contributed by atoms with E-state index in [0.29, 0.717) is 11.5 Å². The number of ether oxygens (including phenoxy) is 2. The zero-order chi connectivity index (χ0) is 13.8. The van der Waals surface area contributed by atoms with Gasteiger partial charge >= 0.3 is 5.97 Å². The highest BCUT2D eigenvalue weighted by molar-refractivity contribution is 7.18. The number of anilines is 1. The molecule has 1 aliphatic rings. The van der Waals surface area contributed by atoms with Crippen LogP contribution in [0.3, 0.4) is 0 Å². The molecule has 1 aromatic rings. The normalized spacial score (nSPS) is 18.6. The summed E-state index contributed by atoms with van der Waals surface area (Å²) in [6.45, 7) is 5.76. The average molecular weight is 303 g/mol. The van der Waals surface area contributed by atoms with E-state index in [1.807, 2.05) is 0 Å². The number of thiazole rings is 1. The first-order chi connectivity index (χ1) is 9.15. The number of hydrogen-bond donors (Lipinski definition) is 0. The number of nitrogens with zero attached hydrogens (tertiary/aromatic N) is 2. The number of hydrogen-bond acceptors (Lipinski definition) is 6. The molecule has 19 heavy (non-hydrogen) atoms. The zero-order valence-corrected chi connectivity index (χ0v) is 12.2. The molecule has 2 rings (SSSR count). The molecule has 7 heteroatoms. The molecule has 0 saturated carbocycles. The van der Waals surface area contributed by atoms with E-state index in [2.05, 4.69) is 21.2 Å². The molecule has 5 nitrogen and oxygen atoms in total. The quantitative estimate of drug-likeness (QED) is 0.617. The Morgan fingerprint density at radius 2 is 2.53 bits per heavy atom. The second-order valence-corrected chi connectivity index (χ2v) is 5.42. The summed E-state index contributed by atoms with van der Waals surface area (Å²) in [5.41, 5.74) is 0. The molecule has 0 amide bonds. The highest BCUT2D eigenvalue weighted by Gasteiger charge is 2.27. The van der Waals surface area contributed by atoms with Gasteiger partial charge in [-0.25, -0.2) is 9.78 Å². The van der Waals surface area contributed by atoms with Crippen molar-refractivity contribution >= 4 is 34.0 Å².